The molecule has 0 aliphatic carbocycles. The van der Waals surface area contributed by atoms with Crippen LogP contribution in [0.1, 0.15) is 117 Å². The van der Waals surface area contributed by atoms with E-state index < -0.39 is 0 Å². The number of benzene rings is 1. The molecule has 0 radical (unpaired) electrons. The van der Waals surface area contributed by atoms with E-state index >= 15 is 0 Å². The number of ketones is 1. The fourth-order valence-electron chi connectivity index (χ4n) is 3.07. The Labute approximate surface area is 164 Å². The molecule has 150 valence electrons. The van der Waals surface area contributed by atoms with Gasteiger partial charge in [-0.2, -0.15) is 0 Å². The summed E-state index contributed by atoms with van der Waals surface area (Å²) in [6, 6.07) is 12.0. The molecule has 0 aliphatic rings. The van der Waals surface area contributed by atoms with Crippen molar-refractivity contribution in [3.8, 4) is 0 Å². The summed E-state index contributed by atoms with van der Waals surface area (Å²) in [6.07, 6.45) is 19.9. The normalized spacial score (nSPS) is 10.2. The molecule has 0 bridgehead atoms. The van der Waals surface area contributed by atoms with Crippen LogP contribution in [0.4, 0.5) is 0 Å². The number of unbranched alkanes of at least 4 members (excludes halogenated alkanes) is 12. The van der Waals surface area contributed by atoms with E-state index in [1.807, 2.05) is 36.4 Å². The third-order valence-electron chi connectivity index (χ3n) is 4.79. The lowest BCUT2D eigenvalue weighted by Gasteiger charge is -2.03. The average molecular weight is 361 g/mol. The molecule has 0 spiro atoms. The van der Waals surface area contributed by atoms with Gasteiger partial charge in [0.25, 0.3) is 0 Å². The predicted molar refractivity (Wildman–Crippen MR) is 117 cm³/mol. The van der Waals surface area contributed by atoms with Gasteiger partial charge in [0.15, 0.2) is 0 Å². The lowest BCUT2D eigenvalue weighted by Crippen LogP contribution is -1.97. The Kier molecular flexibility index (Phi) is 21.0. The van der Waals surface area contributed by atoms with Crippen molar-refractivity contribution < 1.29 is 4.79 Å². The fraction of sp³-hybridized carbons (Fsp3) is 0.720. The zero-order chi connectivity index (χ0) is 19.1. The SMILES string of the molecule is CCCCCCCCCC(=O)CCCCCCCCC.c1ccccc1. The van der Waals surface area contributed by atoms with E-state index in [1.165, 1.54) is 77.0 Å². The number of carbonyl (C=O) groups excluding carboxylic acids is 1. The maximum absolute atomic E-state index is 11.7. The Bertz CT molecular complexity index is 324. The van der Waals surface area contributed by atoms with Crippen LogP contribution in [0, 0.1) is 0 Å². The number of hydrogen-bond donors (Lipinski definition) is 0. The number of rotatable bonds is 16. The van der Waals surface area contributed by atoms with Gasteiger partial charge in [-0.3, -0.25) is 4.79 Å². The second-order valence-corrected chi connectivity index (χ2v) is 7.44. The Morgan fingerprint density at radius 1 is 0.462 bits per heavy atom. The lowest BCUT2D eigenvalue weighted by molar-refractivity contribution is -0.119. The Morgan fingerprint density at radius 2 is 0.731 bits per heavy atom. The molecular formula is C25H44O. The standard InChI is InChI=1S/C19H38O.C6H6/c1-3-5-7-9-11-13-15-17-19(20)18-16-14-12-10-8-6-4-2;1-2-4-6-5-3-1/h3-18H2,1-2H3;1-6H. The summed E-state index contributed by atoms with van der Waals surface area (Å²) in [4.78, 5) is 11.7. The molecule has 0 unspecified atom stereocenters. The molecule has 0 saturated carbocycles. The van der Waals surface area contributed by atoms with E-state index in [9.17, 15) is 4.79 Å². The summed E-state index contributed by atoms with van der Waals surface area (Å²) >= 11 is 0. The molecule has 0 atom stereocenters. The van der Waals surface area contributed by atoms with Crippen LogP contribution >= 0.6 is 0 Å². The van der Waals surface area contributed by atoms with E-state index in [4.69, 9.17) is 0 Å². The number of Topliss-reactive ketones (excluding diaryl/α,β-unsaturated/α-hetero) is 1. The monoisotopic (exact) mass is 360 g/mol. The minimum Gasteiger partial charge on any atom is -0.300 e. The third kappa shape index (κ3) is 20.9. The van der Waals surface area contributed by atoms with Crippen molar-refractivity contribution >= 4 is 5.78 Å². The van der Waals surface area contributed by atoms with Gasteiger partial charge in [0.05, 0.1) is 0 Å². The average Bonchev–Trinajstić information content (AvgIpc) is 2.68. The summed E-state index contributed by atoms with van der Waals surface area (Å²) in [5.74, 6) is 0.507. The van der Waals surface area contributed by atoms with Crippen molar-refractivity contribution in [2.75, 3.05) is 0 Å². The van der Waals surface area contributed by atoms with Gasteiger partial charge in [-0.15, -0.1) is 0 Å². The Hall–Kier alpha value is -1.11. The molecule has 0 fully saturated rings. The molecule has 1 rings (SSSR count). The highest BCUT2D eigenvalue weighted by Gasteiger charge is 2.01. The first-order valence-corrected chi connectivity index (χ1v) is 11.3. The van der Waals surface area contributed by atoms with E-state index in [-0.39, 0.29) is 0 Å². The van der Waals surface area contributed by atoms with Crippen LogP contribution in [0.3, 0.4) is 0 Å². The maximum Gasteiger partial charge on any atom is 0.132 e. The molecule has 0 aromatic heterocycles. The highest BCUT2D eigenvalue weighted by Crippen LogP contribution is 2.12. The zero-order valence-electron chi connectivity index (χ0n) is 17.7. The molecule has 0 aliphatic heterocycles. The van der Waals surface area contributed by atoms with Crippen LogP contribution in [0.25, 0.3) is 0 Å². The van der Waals surface area contributed by atoms with Crippen LogP contribution in [0.15, 0.2) is 36.4 Å². The highest BCUT2D eigenvalue weighted by molar-refractivity contribution is 5.78. The Balaban J connectivity index is 0.000000867. The van der Waals surface area contributed by atoms with Crippen molar-refractivity contribution in [1.29, 1.82) is 0 Å². The lowest BCUT2D eigenvalue weighted by atomic mass is 10.0. The van der Waals surface area contributed by atoms with Crippen molar-refractivity contribution in [2.24, 2.45) is 0 Å². The van der Waals surface area contributed by atoms with E-state index in [0.29, 0.717) is 5.78 Å². The van der Waals surface area contributed by atoms with Crippen LogP contribution < -0.4 is 0 Å². The molecule has 1 heteroatoms. The fourth-order valence-corrected chi connectivity index (χ4v) is 3.07. The van der Waals surface area contributed by atoms with E-state index in [0.717, 1.165) is 25.7 Å². The van der Waals surface area contributed by atoms with Crippen LogP contribution in [0.5, 0.6) is 0 Å². The largest absolute Gasteiger partial charge is 0.300 e. The van der Waals surface area contributed by atoms with Crippen molar-refractivity contribution in [1.82, 2.24) is 0 Å². The van der Waals surface area contributed by atoms with Gasteiger partial charge in [-0.05, 0) is 12.8 Å². The van der Waals surface area contributed by atoms with E-state index in [2.05, 4.69) is 13.8 Å². The first kappa shape index (κ1) is 24.9. The second-order valence-electron chi connectivity index (χ2n) is 7.44. The van der Waals surface area contributed by atoms with Gasteiger partial charge in [-0.25, -0.2) is 0 Å². The van der Waals surface area contributed by atoms with Gasteiger partial charge >= 0.3 is 0 Å². The molecule has 1 aromatic carbocycles. The van der Waals surface area contributed by atoms with Gasteiger partial charge in [-0.1, -0.05) is 127 Å². The van der Waals surface area contributed by atoms with Crippen LogP contribution in [-0.2, 0) is 4.79 Å². The molecule has 0 amide bonds. The summed E-state index contributed by atoms with van der Waals surface area (Å²) in [5, 5.41) is 0. The van der Waals surface area contributed by atoms with Crippen molar-refractivity contribution in [3.63, 3.8) is 0 Å². The van der Waals surface area contributed by atoms with Crippen molar-refractivity contribution in [2.45, 2.75) is 117 Å². The third-order valence-corrected chi connectivity index (χ3v) is 4.79. The minimum absolute atomic E-state index is 0.507. The number of carbonyl (C=O) groups is 1. The smallest absolute Gasteiger partial charge is 0.132 e. The van der Waals surface area contributed by atoms with Crippen LogP contribution in [-0.4, -0.2) is 5.78 Å². The molecular weight excluding hydrogens is 316 g/mol. The van der Waals surface area contributed by atoms with Gasteiger partial charge in [0.1, 0.15) is 5.78 Å². The van der Waals surface area contributed by atoms with Crippen molar-refractivity contribution in [3.05, 3.63) is 36.4 Å². The Morgan fingerprint density at radius 3 is 1.04 bits per heavy atom. The summed E-state index contributed by atoms with van der Waals surface area (Å²) in [6.45, 7) is 4.50. The zero-order valence-corrected chi connectivity index (χ0v) is 17.7. The first-order chi connectivity index (χ1) is 12.8. The second kappa shape index (κ2) is 21.9. The highest BCUT2D eigenvalue weighted by atomic mass is 16.1. The summed E-state index contributed by atoms with van der Waals surface area (Å²) in [5.41, 5.74) is 0. The topological polar surface area (TPSA) is 17.1 Å². The molecule has 0 heterocycles. The van der Waals surface area contributed by atoms with Crippen LogP contribution in [0.2, 0.25) is 0 Å². The first-order valence-electron chi connectivity index (χ1n) is 11.3. The van der Waals surface area contributed by atoms with E-state index in [1.54, 1.807) is 0 Å². The molecule has 1 nitrogen and oxygen atoms in total. The predicted octanol–water partition coefficient (Wildman–Crippen LogP) is 8.52. The molecule has 0 N–H and O–H groups in total. The molecule has 1 aromatic rings. The molecule has 0 saturated heterocycles. The maximum atomic E-state index is 11.7. The summed E-state index contributed by atoms with van der Waals surface area (Å²) in [7, 11) is 0. The quantitative estimate of drug-likeness (QED) is 0.270. The van der Waals surface area contributed by atoms with Gasteiger partial charge in [0.2, 0.25) is 0 Å². The van der Waals surface area contributed by atoms with Gasteiger partial charge in [0, 0.05) is 12.8 Å². The minimum atomic E-state index is 0.507. The molecule has 26 heavy (non-hydrogen) atoms. The summed E-state index contributed by atoms with van der Waals surface area (Å²) < 4.78 is 0. The van der Waals surface area contributed by atoms with Gasteiger partial charge < -0.3 is 0 Å². The number of hydrogen-bond acceptors (Lipinski definition) is 1.